The van der Waals surface area contributed by atoms with Crippen molar-refractivity contribution in [2.45, 2.75) is 16.4 Å². The molecular formula is C5H7I2NO2. The summed E-state index contributed by atoms with van der Waals surface area (Å²) < 4.78 is 2.35. The van der Waals surface area contributed by atoms with Crippen LogP contribution in [0.1, 0.15) is 6.42 Å². The molecule has 0 amide bonds. The molecule has 10 heavy (non-hydrogen) atoms. The maximum atomic E-state index is 10.5. The zero-order valence-electron chi connectivity index (χ0n) is 5.13. The number of carboxylic acid groups (broad SMARTS) is 1. The van der Waals surface area contributed by atoms with Gasteiger partial charge in [-0.05, 0) is 6.42 Å². The quantitative estimate of drug-likeness (QED) is 0.432. The van der Waals surface area contributed by atoms with Gasteiger partial charge in [0.2, 0.25) is 0 Å². The zero-order valence-corrected chi connectivity index (χ0v) is 9.44. The topological polar surface area (TPSA) is 40.5 Å². The Balaban J connectivity index is 2.54. The van der Waals surface area contributed by atoms with Crippen LogP contribution < -0.4 is 0 Å². The number of hydrogen-bond donors (Lipinski definition) is 1. The number of halogens is 2. The average Bonchev–Trinajstić information content (AvgIpc) is 2.10. The second-order valence-electron chi connectivity index (χ2n) is 2.27. The fourth-order valence-electron chi connectivity index (χ4n) is 0.968. The van der Waals surface area contributed by atoms with E-state index in [1.165, 1.54) is 0 Å². The van der Waals surface area contributed by atoms with Crippen molar-refractivity contribution in [3.05, 3.63) is 0 Å². The van der Waals surface area contributed by atoms with Crippen LogP contribution in [0, 0.1) is 0 Å². The van der Waals surface area contributed by atoms with Crippen LogP contribution in [0.4, 0.5) is 0 Å². The van der Waals surface area contributed by atoms with Crippen LogP contribution in [0.25, 0.3) is 0 Å². The van der Waals surface area contributed by atoms with E-state index in [9.17, 15) is 4.79 Å². The number of hydrogen-bond acceptors (Lipinski definition) is 2. The third-order valence-corrected chi connectivity index (χ3v) is 3.44. The molecule has 0 aliphatic carbocycles. The molecule has 5 heteroatoms. The van der Waals surface area contributed by atoms with Crippen molar-refractivity contribution in [3.8, 4) is 0 Å². The van der Waals surface area contributed by atoms with Crippen molar-refractivity contribution in [1.29, 1.82) is 0 Å². The number of rotatable bonds is 1. The fraction of sp³-hybridized carbons (Fsp3) is 0.800. The molecule has 1 heterocycles. The van der Waals surface area contributed by atoms with Gasteiger partial charge in [0.15, 0.2) is 0 Å². The van der Waals surface area contributed by atoms with E-state index < -0.39 is 5.97 Å². The van der Waals surface area contributed by atoms with Gasteiger partial charge in [0.1, 0.15) is 6.04 Å². The maximum absolute atomic E-state index is 10.5. The first-order chi connectivity index (χ1) is 4.61. The lowest BCUT2D eigenvalue weighted by Gasteiger charge is -2.10. The number of nitrogens with zero attached hydrogens (tertiary/aromatic N) is 1. The van der Waals surface area contributed by atoms with Crippen molar-refractivity contribution in [2.24, 2.45) is 0 Å². The number of carboxylic acids is 1. The first-order valence-corrected chi connectivity index (χ1v) is 5.11. The molecule has 0 spiro atoms. The molecule has 1 aliphatic rings. The van der Waals surface area contributed by atoms with Gasteiger partial charge in [-0.15, -0.1) is 0 Å². The number of alkyl halides is 1. The molecule has 0 aromatic heterocycles. The standard InChI is InChI=1S/C5H7I2NO2/c6-3-1-4(5(9)10)8(7)2-3/h3-4H,1-2H2,(H,9,10). The van der Waals surface area contributed by atoms with E-state index in [-0.39, 0.29) is 6.04 Å². The van der Waals surface area contributed by atoms with Crippen LogP contribution in [0.3, 0.4) is 0 Å². The van der Waals surface area contributed by atoms with Gasteiger partial charge in [-0.25, -0.2) is 3.11 Å². The zero-order chi connectivity index (χ0) is 7.72. The van der Waals surface area contributed by atoms with Gasteiger partial charge in [0.05, 0.1) is 0 Å². The molecule has 0 aromatic carbocycles. The van der Waals surface area contributed by atoms with Crippen LogP contribution in [0.15, 0.2) is 0 Å². The maximum Gasteiger partial charge on any atom is 0.321 e. The SMILES string of the molecule is O=C(O)C1CC(I)CN1I. The molecule has 0 saturated carbocycles. The monoisotopic (exact) mass is 367 g/mol. The van der Waals surface area contributed by atoms with Crippen molar-refractivity contribution in [1.82, 2.24) is 3.11 Å². The van der Waals surface area contributed by atoms with Gasteiger partial charge in [-0.1, -0.05) is 22.6 Å². The van der Waals surface area contributed by atoms with E-state index in [1.807, 2.05) is 3.11 Å². The van der Waals surface area contributed by atoms with E-state index in [4.69, 9.17) is 5.11 Å². The minimum absolute atomic E-state index is 0.262. The highest BCUT2D eigenvalue weighted by Gasteiger charge is 2.33. The van der Waals surface area contributed by atoms with Crippen LogP contribution in [-0.2, 0) is 4.79 Å². The third-order valence-electron chi connectivity index (χ3n) is 1.47. The highest BCUT2D eigenvalue weighted by molar-refractivity contribution is 14.1. The highest BCUT2D eigenvalue weighted by Crippen LogP contribution is 2.26. The molecule has 1 N–H and O–H groups in total. The summed E-state index contributed by atoms with van der Waals surface area (Å²) in [7, 11) is 0. The van der Waals surface area contributed by atoms with Crippen LogP contribution >= 0.6 is 45.5 Å². The molecular weight excluding hydrogens is 360 g/mol. The van der Waals surface area contributed by atoms with Gasteiger partial charge < -0.3 is 5.11 Å². The van der Waals surface area contributed by atoms with Crippen LogP contribution in [0.2, 0.25) is 0 Å². The van der Waals surface area contributed by atoms with E-state index >= 15 is 0 Å². The minimum Gasteiger partial charge on any atom is -0.480 e. The Morgan fingerprint density at radius 3 is 2.50 bits per heavy atom. The predicted molar refractivity (Wildman–Crippen MR) is 54.6 cm³/mol. The Kier molecular flexibility index (Phi) is 3.17. The summed E-state index contributed by atoms with van der Waals surface area (Å²) in [6.45, 7) is 0.887. The van der Waals surface area contributed by atoms with Gasteiger partial charge >= 0.3 is 5.97 Å². The van der Waals surface area contributed by atoms with E-state index in [0.29, 0.717) is 3.92 Å². The van der Waals surface area contributed by atoms with E-state index in [0.717, 1.165) is 13.0 Å². The summed E-state index contributed by atoms with van der Waals surface area (Å²) in [6, 6.07) is -0.262. The third kappa shape index (κ3) is 1.94. The molecule has 1 rings (SSSR count). The van der Waals surface area contributed by atoms with Crippen molar-refractivity contribution >= 4 is 51.4 Å². The lowest BCUT2D eigenvalue weighted by molar-refractivity contribution is -0.140. The van der Waals surface area contributed by atoms with Crippen molar-refractivity contribution in [2.75, 3.05) is 6.54 Å². The van der Waals surface area contributed by atoms with Gasteiger partial charge in [-0.2, -0.15) is 0 Å². The molecule has 0 radical (unpaired) electrons. The molecule has 1 saturated heterocycles. The lowest BCUT2D eigenvalue weighted by Crippen LogP contribution is -2.27. The summed E-state index contributed by atoms with van der Waals surface area (Å²) in [6.07, 6.45) is 0.777. The summed E-state index contributed by atoms with van der Waals surface area (Å²) >= 11 is 4.36. The number of aliphatic carboxylic acids is 1. The normalized spacial score (nSPS) is 34.6. The summed E-state index contributed by atoms with van der Waals surface area (Å²) in [5, 5.41) is 8.65. The molecule has 1 fully saturated rings. The van der Waals surface area contributed by atoms with Crippen LogP contribution in [-0.4, -0.2) is 30.7 Å². The Morgan fingerprint density at radius 1 is 1.70 bits per heavy atom. The molecule has 1 aliphatic heterocycles. The number of carbonyl (C=O) groups is 1. The predicted octanol–water partition coefficient (Wildman–Crippen LogP) is 1.30. The van der Waals surface area contributed by atoms with Crippen molar-refractivity contribution in [3.63, 3.8) is 0 Å². The highest BCUT2D eigenvalue weighted by atomic mass is 127. The molecule has 58 valence electrons. The Labute approximate surface area is 86.8 Å². The Hall–Kier alpha value is 0.890. The molecule has 2 unspecified atom stereocenters. The van der Waals surface area contributed by atoms with Crippen molar-refractivity contribution < 1.29 is 9.90 Å². The summed E-state index contributed by atoms with van der Waals surface area (Å²) in [4.78, 5) is 10.5. The van der Waals surface area contributed by atoms with Gasteiger partial charge in [0.25, 0.3) is 0 Å². The summed E-state index contributed by atoms with van der Waals surface area (Å²) in [5.41, 5.74) is 0. The van der Waals surface area contributed by atoms with Gasteiger partial charge in [0, 0.05) is 33.3 Å². The fourth-order valence-corrected chi connectivity index (χ4v) is 3.57. The molecule has 2 atom stereocenters. The lowest BCUT2D eigenvalue weighted by atomic mass is 10.2. The first-order valence-electron chi connectivity index (χ1n) is 2.90. The average molecular weight is 367 g/mol. The van der Waals surface area contributed by atoms with Gasteiger partial charge in [-0.3, -0.25) is 4.79 Å². The second kappa shape index (κ2) is 3.53. The molecule has 0 bridgehead atoms. The molecule has 3 nitrogen and oxygen atoms in total. The minimum atomic E-state index is -0.700. The largest absolute Gasteiger partial charge is 0.480 e. The smallest absolute Gasteiger partial charge is 0.321 e. The summed E-state index contributed by atoms with van der Waals surface area (Å²) in [5.74, 6) is -0.700. The Bertz CT molecular complexity index is 153. The van der Waals surface area contributed by atoms with E-state index in [1.54, 1.807) is 0 Å². The first kappa shape index (κ1) is 8.98. The molecule has 0 aromatic rings. The van der Waals surface area contributed by atoms with Crippen LogP contribution in [0.5, 0.6) is 0 Å². The second-order valence-corrected chi connectivity index (χ2v) is 5.27. The Morgan fingerprint density at radius 2 is 2.30 bits per heavy atom. The van der Waals surface area contributed by atoms with E-state index in [2.05, 4.69) is 45.5 Å².